The average Bonchev–Trinajstić information content (AvgIpc) is 1.94. The van der Waals surface area contributed by atoms with Crippen LogP contribution < -0.4 is 5.73 Å². The summed E-state index contributed by atoms with van der Waals surface area (Å²) in [6.07, 6.45) is 2.13. The van der Waals surface area contributed by atoms with Crippen molar-refractivity contribution in [3.8, 4) is 0 Å². The summed E-state index contributed by atoms with van der Waals surface area (Å²) in [4.78, 5) is 14.0. The Morgan fingerprint density at radius 2 is 2.27 bits per heavy atom. The minimum Gasteiger partial charge on any atom is -0.365 e. The molecular weight excluding hydrogens is 171 g/mol. The molecule has 2 N–H and O–H groups in total. The number of carbonyl (C=O) groups excluding carboxylic acids is 1. The van der Waals surface area contributed by atoms with Crippen molar-refractivity contribution in [3.63, 3.8) is 0 Å². The van der Waals surface area contributed by atoms with Gasteiger partial charge in [-0.3, -0.25) is 9.78 Å². The summed E-state index contributed by atoms with van der Waals surface area (Å²) < 4.78 is 12.8. The van der Waals surface area contributed by atoms with E-state index in [1.54, 1.807) is 0 Å². The summed E-state index contributed by atoms with van der Waals surface area (Å²) >= 11 is 5.31. The van der Waals surface area contributed by atoms with E-state index in [1.807, 2.05) is 0 Å². The monoisotopic (exact) mass is 174 g/mol. The predicted molar refractivity (Wildman–Crippen MR) is 37.7 cm³/mol. The van der Waals surface area contributed by atoms with E-state index in [9.17, 15) is 9.18 Å². The second-order valence-corrected chi connectivity index (χ2v) is 2.25. The third-order valence-corrected chi connectivity index (χ3v) is 1.37. The quantitative estimate of drug-likeness (QED) is 0.690. The number of halogens is 2. The molecule has 0 aromatic carbocycles. The van der Waals surface area contributed by atoms with Crippen LogP contribution in [0.4, 0.5) is 4.39 Å². The van der Waals surface area contributed by atoms with Crippen LogP contribution in [0.15, 0.2) is 12.4 Å². The summed E-state index contributed by atoms with van der Waals surface area (Å²) in [5.74, 6) is -1.70. The molecule has 0 saturated heterocycles. The highest BCUT2D eigenvalue weighted by Crippen LogP contribution is 2.15. The zero-order valence-electron chi connectivity index (χ0n) is 5.34. The van der Waals surface area contributed by atoms with Crippen LogP contribution in [0.5, 0.6) is 0 Å². The number of carbonyl (C=O) groups is 1. The normalized spacial score (nSPS) is 9.64. The number of pyridine rings is 1. The summed E-state index contributed by atoms with van der Waals surface area (Å²) in [5.41, 5.74) is 4.51. The predicted octanol–water partition coefficient (Wildman–Crippen LogP) is 0.973. The highest BCUT2D eigenvalue weighted by atomic mass is 35.5. The molecule has 1 heterocycles. The number of rotatable bonds is 1. The van der Waals surface area contributed by atoms with E-state index in [0.29, 0.717) is 0 Å². The molecule has 5 heteroatoms. The van der Waals surface area contributed by atoms with Crippen molar-refractivity contribution in [3.05, 3.63) is 28.8 Å². The van der Waals surface area contributed by atoms with Gasteiger partial charge >= 0.3 is 0 Å². The van der Waals surface area contributed by atoms with Crippen LogP contribution >= 0.6 is 11.6 Å². The molecule has 0 bridgehead atoms. The molecular formula is C6H4ClFN2O. The highest BCUT2D eigenvalue weighted by Gasteiger charge is 2.10. The Kier molecular flexibility index (Phi) is 2.05. The summed E-state index contributed by atoms with van der Waals surface area (Å²) in [6, 6.07) is 0. The van der Waals surface area contributed by atoms with Gasteiger partial charge in [0.25, 0.3) is 5.91 Å². The second-order valence-electron chi connectivity index (χ2n) is 1.85. The average molecular weight is 175 g/mol. The van der Waals surface area contributed by atoms with E-state index in [-0.39, 0.29) is 10.6 Å². The molecule has 3 nitrogen and oxygen atoms in total. The lowest BCUT2D eigenvalue weighted by Crippen LogP contribution is -2.13. The molecule has 0 unspecified atom stereocenters. The van der Waals surface area contributed by atoms with Crippen molar-refractivity contribution in [1.29, 1.82) is 0 Å². The van der Waals surface area contributed by atoms with Crippen molar-refractivity contribution < 1.29 is 9.18 Å². The minimum absolute atomic E-state index is 0.207. The Bertz CT molecular complexity index is 303. The lowest BCUT2D eigenvalue weighted by molar-refractivity contribution is 0.0996. The van der Waals surface area contributed by atoms with E-state index < -0.39 is 11.7 Å². The van der Waals surface area contributed by atoms with Crippen molar-refractivity contribution in [2.45, 2.75) is 0 Å². The molecule has 1 aromatic rings. The third kappa shape index (κ3) is 1.46. The van der Waals surface area contributed by atoms with Crippen LogP contribution in [0.1, 0.15) is 10.4 Å². The van der Waals surface area contributed by atoms with Gasteiger partial charge in [0.1, 0.15) is 0 Å². The lowest BCUT2D eigenvalue weighted by atomic mass is 10.2. The highest BCUT2D eigenvalue weighted by molar-refractivity contribution is 6.31. The summed E-state index contributed by atoms with van der Waals surface area (Å²) in [7, 11) is 0. The first-order valence-electron chi connectivity index (χ1n) is 2.71. The lowest BCUT2D eigenvalue weighted by Gasteiger charge is -1.97. The number of nitrogens with two attached hydrogens (primary N) is 1. The van der Waals surface area contributed by atoms with Crippen LogP contribution in [-0.4, -0.2) is 10.9 Å². The van der Waals surface area contributed by atoms with Crippen molar-refractivity contribution in [2.24, 2.45) is 5.73 Å². The van der Waals surface area contributed by atoms with Gasteiger partial charge in [-0.2, -0.15) is 0 Å². The molecule has 0 radical (unpaired) electrons. The van der Waals surface area contributed by atoms with E-state index in [1.165, 1.54) is 0 Å². The molecule has 0 spiro atoms. The van der Waals surface area contributed by atoms with E-state index in [2.05, 4.69) is 4.98 Å². The Morgan fingerprint density at radius 3 is 2.73 bits per heavy atom. The number of hydrogen-bond acceptors (Lipinski definition) is 2. The van der Waals surface area contributed by atoms with Crippen LogP contribution in [0.3, 0.4) is 0 Å². The first-order chi connectivity index (χ1) is 5.13. The molecule has 1 aromatic heterocycles. The molecule has 11 heavy (non-hydrogen) atoms. The molecule has 0 saturated carbocycles. The number of aromatic nitrogens is 1. The van der Waals surface area contributed by atoms with Gasteiger partial charge in [0.2, 0.25) is 0 Å². The first kappa shape index (κ1) is 7.94. The van der Waals surface area contributed by atoms with Gasteiger partial charge in [0.15, 0.2) is 5.82 Å². The van der Waals surface area contributed by atoms with Crippen LogP contribution in [0.2, 0.25) is 5.02 Å². The van der Waals surface area contributed by atoms with E-state index in [0.717, 1.165) is 12.4 Å². The zero-order chi connectivity index (χ0) is 8.43. The van der Waals surface area contributed by atoms with Gasteiger partial charge in [-0.15, -0.1) is 0 Å². The fraction of sp³-hybridized carbons (Fsp3) is 0. The smallest absolute Gasteiger partial charge is 0.253 e. The van der Waals surface area contributed by atoms with Gasteiger partial charge in [0, 0.05) is 12.4 Å². The molecule has 0 atom stereocenters. The molecule has 0 aliphatic heterocycles. The van der Waals surface area contributed by atoms with Crippen LogP contribution in [-0.2, 0) is 0 Å². The van der Waals surface area contributed by atoms with Gasteiger partial charge in [-0.05, 0) is 0 Å². The molecule has 1 rings (SSSR count). The third-order valence-electron chi connectivity index (χ3n) is 1.10. The number of primary amides is 1. The minimum atomic E-state index is -0.877. The van der Waals surface area contributed by atoms with Gasteiger partial charge in [-0.1, -0.05) is 11.6 Å². The summed E-state index contributed by atoms with van der Waals surface area (Å²) in [5, 5.41) is -0.207. The molecule has 58 valence electrons. The Morgan fingerprint density at radius 1 is 1.64 bits per heavy atom. The fourth-order valence-corrected chi connectivity index (χ4v) is 0.749. The first-order valence-corrected chi connectivity index (χ1v) is 3.09. The van der Waals surface area contributed by atoms with Crippen LogP contribution in [0, 0.1) is 5.82 Å². The number of hydrogen-bond donors (Lipinski definition) is 1. The standard InChI is InChI=1S/C6H4ClFN2O/c7-4-2-10-1-3(5(4)8)6(9)11/h1-2H,(H2,9,11). The molecule has 0 aliphatic rings. The molecule has 0 aliphatic carbocycles. The largest absolute Gasteiger partial charge is 0.365 e. The van der Waals surface area contributed by atoms with Gasteiger partial charge in [0.05, 0.1) is 10.6 Å². The zero-order valence-corrected chi connectivity index (χ0v) is 6.10. The van der Waals surface area contributed by atoms with Crippen molar-refractivity contribution in [1.82, 2.24) is 4.98 Å². The maximum atomic E-state index is 12.8. The van der Waals surface area contributed by atoms with Crippen molar-refractivity contribution >= 4 is 17.5 Å². The van der Waals surface area contributed by atoms with E-state index >= 15 is 0 Å². The van der Waals surface area contributed by atoms with Gasteiger partial charge < -0.3 is 5.73 Å². The van der Waals surface area contributed by atoms with E-state index in [4.69, 9.17) is 17.3 Å². The van der Waals surface area contributed by atoms with Gasteiger partial charge in [-0.25, -0.2) is 4.39 Å². The maximum absolute atomic E-state index is 12.8. The maximum Gasteiger partial charge on any atom is 0.253 e. The Hall–Kier alpha value is -1.16. The Balaban J connectivity index is 3.27. The van der Waals surface area contributed by atoms with Crippen LogP contribution in [0.25, 0.3) is 0 Å². The number of amides is 1. The van der Waals surface area contributed by atoms with Crippen molar-refractivity contribution in [2.75, 3.05) is 0 Å². The molecule has 0 fully saturated rings. The fourth-order valence-electron chi connectivity index (χ4n) is 0.591. The SMILES string of the molecule is NC(=O)c1cncc(Cl)c1F. The topological polar surface area (TPSA) is 56.0 Å². The second kappa shape index (κ2) is 2.84. The Labute approximate surface area is 67.0 Å². The molecule has 1 amide bonds. The number of nitrogens with zero attached hydrogens (tertiary/aromatic N) is 1. The summed E-state index contributed by atoms with van der Waals surface area (Å²) in [6.45, 7) is 0.